The van der Waals surface area contributed by atoms with Gasteiger partial charge in [-0.1, -0.05) is 18.2 Å². The molecule has 0 spiro atoms. The first-order valence-electron chi connectivity index (χ1n) is 4.82. The van der Waals surface area contributed by atoms with Gasteiger partial charge in [0, 0.05) is 7.05 Å². The highest BCUT2D eigenvalue weighted by Gasteiger charge is 2.21. The van der Waals surface area contributed by atoms with Crippen LogP contribution in [0.4, 0.5) is 10.5 Å². The minimum Gasteiger partial charge on any atom is -0.374 e. The maximum Gasteiger partial charge on any atom is 0.332 e. The Morgan fingerprint density at radius 2 is 1.94 bits per heavy atom. The number of imide groups is 1. The number of aliphatic hydroxyl groups is 1. The van der Waals surface area contributed by atoms with Crippen molar-refractivity contribution < 1.29 is 14.7 Å². The average molecular weight is 222 g/mol. The van der Waals surface area contributed by atoms with Crippen LogP contribution >= 0.6 is 0 Å². The maximum atomic E-state index is 11.8. The highest BCUT2D eigenvalue weighted by molar-refractivity contribution is 6.05. The van der Waals surface area contributed by atoms with Gasteiger partial charge in [0.2, 0.25) is 6.41 Å². The van der Waals surface area contributed by atoms with Crippen molar-refractivity contribution in [3.63, 3.8) is 0 Å². The second-order valence-corrected chi connectivity index (χ2v) is 3.34. The molecule has 5 heteroatoms. The van der Waals surface area contributed by atoms with Crippen LogP contribution in [0.1, 0.15) is 6.92 Å². The van der Waals surface area contributed by atoms with Gasteiger partial charge in [0.1, 0.15) is 6.23 Å². The molecule has 0 saturated heterocycles. The van der Waals surface area contributed by atoms with E-state index in [0.717, 1.165) is 9.80 Å². The number of nitrogens with zero attached hydrogens (tertiary/aromatic N) is 2. The second kappa shape index (κ2) is 5.27. The maximum absolute atomic E-state index is 11.8. The Morgan fingerprint density at radius 1 is 1.38 bits per heavy atom. The summed E-state index contributed by atoms with van der Waals surface area (Å²) in [5.41, 5.74) is 0.468. The smallest absolute Gasteiger partial charge is 0.332 e. The molecule has 1 aromatic rings. The third-order valence-corrected chi connectivity index (χ3v) is 2.21. The van der Waals surface area contributed by atoms with E-state index in [9.17, 15) is 14.7 Å². The highest BCUT2D eigenvalue weighted by Crippen LogP contribution is 2.13. The van der Waals surface area contributed by atoms with Crippen molar-refractivity contribution in [2.24, 2.45) is 0 Å². The lowest BCUT2D eigenvalue weighted by Gasteiger charge is -2.25. The Bertz CT molecular complexity index is 365. The van der Waals surface area contributed by atoms with Gasteiger partial charge in [-0.05, 0) is 19.1 Å². The molecule has 3 amide bonds. The van der Waals surface area contributed by atoms with E-state index in [1.807, 2.05) is 0 Å². The van der Waals surface area contributed by atoms with Crippen LogP contribution in [0.3, 0.4) is 0 Å². The first-order valence-corrected chi connectivity index (χ1v) is 4.82. The molecule has 0 radical (unpaired) electrons. The molecule has 1 rings (SSSR count). The van der Waals surface area contributed by atoms with Gasteiger partial charge in [-0.2, -0.15) is 0 Å². The monoisotopic (exact) mass is 222 g/mol. The minimum absolute atomic E-state index is 0.427. The molecular formula is C11H14N2O3. The van der Waals surface area contributed by atoms with Crippen molar-refractivity contribution in [3.05, 3.63) is 30.3 Å². The summed E-state index contributed by atoms with van der Waals surface area (Å²) >= 11 is 0. The average Bonchev–Trinajstić information content (AvgIpc) is 2.30. The predicted octanol–water partition coefficient (Wildman–Crippen LogP) is 1.04. The number of carbonyl (C=O) groups is 2. The lowest BCUT2D eigenvalue weighted by Crippen LogP contribution is -2.44. The normalized spacial score (nSPS) is 11.7. The van der Waals surface area contributed by atoms with Crippen LogP contribution in [0.15, 0.2) is 30.3 Å². The standard InChI is InChI=1S/C11H14N2O3/c1-9(15)12(2)11(16)13(8-14)10-6-4-3-5-7-10/h3-9,15H,1-2H3. The van der Waals surface area contributed by atoms with Gasteiger partial charge >= 0.3 is 6.03 Å². The zero-order valence-corrected chi connectivity index (χ0v) is 9.20. The molecule has 0 aliphatic heterocycles. The fraction of sp³-hybridized carbons (Fsp3) is 0.273. The second-order valence-electron chi connectivity index (χ2n) is 3.34. The number of amides is 3. The van der Waals surface area contributed by atoms with Gasteiger partial charge < -0.3 is 10.0 Å². The van der Waals surface area contributed by atoms with Gasteiger partial charge in [0.15, 0.2) is 0 Å². The van der Waals surface area contributed by atoms with E-state index in [4.69, 9.17) is 0 Å². The molecule has 0 bridgehead atoms. The molecule has 0 saturated carbocycles. The third-order valence-electron chi connectivity index (χ3n) is 2.21. The van der Waals surface area contributed by atoms with E-state index in [1.165, 1.54) is 14.0 Å². The summed E-state index contributed by atoms with van der Waals surface area (Å²) in [5, 5.41) is 9.25. The molecule has 0 aromatic heterocycles. The third kappa shape index (κ3) is 2.58. The van der Waals surface area contributed by atoms with Crippen LogP contribution in [0.25, 0.3) is 0 Å². The molecular weight excluding hydrogens is 208 g/mol. The predicted molar refractivity (Wildman–Crippen MR) is 59.8 cm³/mol. The molecule has 1 atom stereocenters. The van der Waals surface area contributed by atoms with Crippen LogP contribution in [0.2, 0.25) is 0 Å². The number of benzene rings is 1. The van der Waals surface area contributed by atoms with Crippen molar-refractivity contribution in [1.29, 1.82) is 0 Å². The summed E-state index contributed by atoms with van der Waals surface area (Å²) in [6, 6.07) is 7.94. The van der Waals surface area contributed by atoms with Crippen LogP contribution in [0.5, 0.6) is 0 Å². The summed E-state index contributed by atoms with van der Waals surface area (Å²) in [6.07, 6.45) is -0.519. The largest absolute Gasteiger partial charge is 0.374 e. The van der Waals surface area contributed by atoms with Gasteiger partial charge in [0.25, 0.3) is 0 Å². The first kappa shape index (κ1) is 12.2. The number of aliphatic hydroxyl groups excluding tert-OH is 1. The Kier molecular flexibility index (Phi) is 4.02. The molecule has 1 N–H and O–H groups in total. The van der Waals surface area contributed by atoms with Gasteiger partial charge in [-0.25, -0.2) is 9.69 Å². The summed E-state index contributed by atoms with van der Waals surface area (Å²) in [7, 11) is 1.42. The molecule has 1 aromatic carbocycles. The Balaban J connectivity index is 2.92. The zero-order chi connectivity index (χ0) is 12.1. The van der Waals surface area contributed by atoms with Gasteiger partial charge in [0.05, 0.1) is 5.69 Å². The molecule has 0 aliphatic rings. The fourth-order valence-electron chi connectivity index (χ4n) is 1.13. The fourth-order valence-corrected chi connectivity index (χ4v) is 1.13. The molecule has 16 heavy (non-hydrogen) atoms. The van der Waals surface area contributed by atoms with E-state index in [2.05, 4.69) is 0 Å². The Labute approximate surface area is 93.9 Å². The molecule has 0 fully saturated rings. The van der Waals surface area contributed by atoms with E-state index in [-0.39, 0.29) is 0 Å². The van der Waals surface area contributed by atoms with E-state index < -0.39 is 12.3 Å². The van der Waals surface area contributed by atoms with Crippen molar-refractivity contribution in [3.8, 4) is 0 Å². The molecule has 1 unspecified atom stereocenters. The van der Waals surface area contributed by atoms with Crippen molar-refractivity contribution >= 4 is 18.1 Å². The minimum atomic E-state index is -0.946. The van der Waals surface area contributed by atoms with Crippen LogP contribution < -0.4 is 4.90 Å². The topological polar surface area (TPSA) is 60.9 Å². The van der Waals surface area contributed by atoms with Crippen LogP contribution in [0, 0.1) is 0 Å². The summed E-state index contributed by atoms with van der Waals surface area (Å²) < 4.78 is 0. The number of carbonyl (C=O) groups excluding carboxylic acids is 2. The lowest BCUT2D eigenvalue weighted by atomic mass is 10.3. The van der Waals surface area contributed by atoms with E-state index >= 15 is 0 Å². The van der Waals surface area contributed by atoms with Crippen molar-refractivity contribution in [2.75, 3.05) is 11.9 Å². The number of hydrogen-bond acceptors (Lipinski definition) is 3. The Morgan fingerprint density at radius 3 is 2.38 bits per heavy atom. The number of para-hydroxylation sites is 1. The highest BCUT2D eigenvalue weighted by atomic mass is 16.3. The molecule has 0 aliphatic carbocycles. The van der Waals surface area contributed by atoms with Crippen molar-refractivity contribution in [1.82, 2.24) is 4.90 Å². The molecule has 0 heterocycles. The number of rotatable bonds is 3. The van der Waals surface area contributed by atoms with Crippen molar-refractivity contribution in [2.45, 2.75) is 13.2 Å². The van der Waals surface area contributed by atoms with Crippen LogP contribution in [-0.4, -0.2) is 35.7 Å². The SMILES string of the molecule is CC(O)N(C)C(=O)N(C=O)c1ccccc1. The molecule has 86 valence electrons. The van der Waals surface area contributed by atoms with E-state index in [1.54, 1.807) is 30.3 Å². The first-order chi connectivity index (χ1) is 7.57. The van der Waals surface area contributed by atoms with Gasteiger partial charge in [-0.15, -0.1) is 0 Å². The summed E-state index contributed by atoms with van der Waals surface area (Å²) in [6.45, 7) is 1.45. The quantitative estimate of drug-likeness (QED) is 0.614. The van der Waals surface area contributed by atoms with Crippen LogP contribution in [-0.2, 0) is 4.79 Å². The van der Waals surface area contributed by atoms with E-state index in [0.29, 0.717) is 12.1 Å². The summed E-state index contributed by atoms with van der Waals surface area (Å²) in [4.78, 5) is 24.7. The number of hydrogen-bond donors (Lipinski definition) is 1. The lowest BCUT2D eigenvalue weighted by molar-refractivity contribution is -0.107. The molecule has 5 nitrogen and oxygen atoms in total. The zero-order valence-electron chi connectivity index (χ0n) is 9.20. The Hall–Kier alpha value is -1.88. The van der Waals surface area contributed by atoms with Gasteiger partial charge in [-0.3, -0.25) is 4.79 Å². The summed E-state index contributed by atoms with van der Waals surface area (Å²) in [5.74, 6) is 0. The number of urea groups is 1. The number of anilines is 1.